The van der Waals surface area contributed by atoms with Gasteiger partial charge in [0.1, 0.15) is 23.7 Å². The third-order valence-corrected chi connectivity index (χ3v) is 5.20. The SMILES string of the molecule is O=C1Nc2ccc(F)cc2C1C=Nc1ccc(OCCCN2CCC(F)C2)cc1. The summed E-state index contributed by atoms with van der Waals surface area (Å²) < 4.78 is 32.3. The highest BCUT2D eigenvalue weighted by molar-refractivity contribution is 6.12. The molecule has 2 aromatic rings. The number of nitrogens with one attached hydrogen (secondary N) is 1. The Morgan fingerprint density at radius 2 is 2.07 bits per heavy atom. The van der Waals surface area contributed by atoms with Crippen molar-refractivity contribution in [2.24, 2.45) is 4.99 Å². The number of hydrogen-bond donors (Lipinski definition) is 1. The maximum atomic E-state index is 13.5. The number of halogens is 2. The molecule has 7 heteroatoms. The van der Waals surface area contributed by atoms with Gasteiger partial charge in [-0.15, -0.1) is 0 Å². The van der Waals surface area contributed by atoms with Crippen LogP contribution in [0, 0.1) is 5.82 Å². The van der Waals surface area contributed by atoms with Gasteiger partial charge in [-0.2, -0.15) is 0 Å². The summed E-state index contributed by atoms with van der Waals surface area (Å²) in [5, 5.41) is 2.73. The number of benzene rings is 2. The third-order valence-electron chi connectivity index (χ3n) is 5.20. The van der Waals surface area contributed by atoms with Gasteiger partial charge in [0, 0.05) is 31.5 Å². The predicted octanol–water partition coefficient (Wildman–Crippen LogP) is 4.08. The van der Waals surface area contributed by atoms with Crippen LogP contribution in [0.4, 0.5) is 20.2 Å². The summed E-state index contributed by atoms with van der Waals surface area (Å²) in [5.74, 6) is -0.466. The van der Waals surface area contributed by atoms with E-state index in [2.05, 4.69) is 15.2 Å². The largest absolute Gasteiger partial charge is 0.494 e. The molecule has 0 aliphatic carbocycles. The molecule has 0 bridgehead atoms. The lowest BCUT2D eigenvalue weighted by molar-refractivity contribution is -0.115. The Morgan fingerprint density at radius 3 is 2.83 bits per heavy atom. The van der Waals surface area contributed by atoms with Gasteiger partial charge in [0.15, 0.2) is 0 Å². The van der Waals surface area contributed by atoms with Gasteiger partial charge in [0.2, 0.25) is 5.91 Å². The molecule has 1 fully saturated rings. The van der Waals surface area contributed by atoms with E-state index in [1.165, 1.54) is 18.3 Å². The van der Waals surface area contributed by atoms with Gasteiger partial charge in [0.25, 0.3) is 0 Å². The fourth-order valence-corrected chi connectivity index (χ4v) is 3.66. The molecule has 1 saturated heterocycles. The van der Waals surface area contributed by atoms with Crippen molar-refractivity contribution < 1.29 is 18.3 Å². The van der Waals surface area contributed by atoms with Crippen LogP contribution in [0.5, 0.6) is 5.75 Å². The molecule has 2 unspecified atom stereocenters. The van der Waals surface area contributed by atoms with Crippen LogP contribution >= 0.6 is 0 Å². The van der Waals surface area contributed by atoms with Gasteiger partial charge < -0.3 is 15.0 Å². The minimum absolute atomic E-state index is 0.216. The number of carbonyl (C=O) groups is 1. The second-order valence-electron chi connectivity index (χ2n) is 7.36. The zero-order valence-corrected chi connectivity index (χ0v) is 16.0. The quantitative estimate of drug-likeness (QED) is 0.564. The molecule has 0 aromatic heterocycles. The fraction of sp³-hybridized carbons (Fsp3) is 0.364. The highest BCUT2D eigenvalue weighted by Crippen LogP contribution is 2.32. The number of alkyl halides is 1. The molecule has 2 aliphatic rings. The van der Waals surface area contributed by atoms with E-state index in [-0.39, 0.29) is 11.7 Å². The summed E-state index contributed by atoms with van der Waals surface area (Å²) in [6.45, 7) is 2.77. The van der Waals surface area contributed by atoms with Crippen LogP contribution in [-0.2, 0) is 4.79 Å². The average molecular weight is 399 g/mol. The van der Waals surface area contributed by atoms with Crippen molar-refractivity contribution in [1.29, 1.82) is 0 Å². The number of likely N-dealkylation sites (tertiary alicyclic amines) is 1. The normalized spacial score (nSPS) is 21.5. The number of carbonyl (C=O) groups excluding carboxylic acids is 1. The number of fused-ring (bicyclic) bond motifs is 1. The first-order valence-electron chi connectivity index (χ1n) is 9.82. The number of amides is 1. The maximum Gasteiger partial charge on any atom is 0.237 e. The fourth-order valence-electron chi connectivity index (χ4n) is 3.66. The Bertz CT molecular complexity index is 901. The van der Waals surface area contributed by atoms with E-state index in [4.69, 9.17) is 4.74 Å². The Morgan fingerprint density at radius 1 is 1.24 bits per heavy atom. The molecule has 0 saturated carbocycles. The first kappa shape index (κ1) is 19.5. The van der Waals surface area contributed by atoms with Gasteiger partial charge in [0.05, 0.1) is 12.3 Å². The second-order valence-corrected chi connectivity index (χ2v) is 7.36. The van der Waals surface area contributed by atoms with Crippen LogP contribution in [0.25, 0.3) is 0 Å². The Labute approximate surface area is 168 Å². The highest BCUT2D eigenvalue weighted by atomic mass is 19.1. The minimum Gasteiger partial charge on any atom is -0.494 e. The third kappa shape index (κ3) is 4.79. The summed E-state index contributed by atoms with van der Waals surface area (Å²) in [7, 11) is 0. The second kappa shape index (κ2) is 8.69. The molecule has 2 atom stereocenters. The molecule has 0 radical (unpaired) electrons. The minimum atomic E-state index is -0.688. The van der Waals surface area contributed by atoms with Gasteiger partial charge in [-0.05, 0) is 60.9 Å². The van der Waals surface area contributed by atoms with Gasteiger partial charge in [-0.1, -0.05) is 0 Å². The number of nitrogens with zero attached hydrogens (tertiary/aromatic N) is 2. The van der Waals surface area contributed by atoms with E-state index in [1.54, 1.807) is 18.2 Å². The number of ether oxygens (including phenoxy) is 1. The van der Waals surface area contributed by atoms with Crippen LogP contribution in [0.15, 0.2) is 47.5 Å². The molecule has 5 nitrogen and oxygen atoms in total. The maximum absolute atomic E-state index is 13.5. The molecular weight excluding hydrogens is 376 g/mol. The van der Waals surface area contributed by atoms with Crippen molar-refractivity contribution in [3.05, 3.63) is 53.8 Å². The Hall–Kier alpha value is -2.80. The van der Waals surface area contributed by atoms with Crippen LogP contribution in [-0.4, -0.2) is 49.4 Å². The van der Waals surface area contributed by atoms with Crippen LogP contribution in [0.1, 0.15) is 24.3 Å². The molecule has 29 heavy (non-hydrogen) atoms. The standard InChI is InChI=1S/C22H23F2N3O2/c23-15-2-7-21-19(12-15)20(22(28)26-21)13-25-17-3-5-18(6-4-17)29-11-1-9-27-10-8-16(24)14-27/h2-7,12-13,16,20H,1,8-11,14H2,(H,26,28). The molecule has 1 N–H and O–H groups in total. The van der Waals surface area contributed by atoms with Crippen molar-refractivity contribution in [2.75, 3.05) is 31.6 Å². The van der Waals surface area contributed by atoms with E-state index in [0.29, 0.717) is 36.5 Å². The number of rotatable bonds is 7. The van der Waals surface area contributed by atoms with Crippen molar-refractivity contribution in [3.8, 4) is 5.75 Å². The monoisotopic (exact) mass is 399 g/mol. The number of anilines is 1. The average Bonchev–Trinajstić information content (AvgIpc) is 3.26. The van der Waals surface area contributed by atoms with Crippen molar-refractivity contribution in [3.63, 3.8) is 0 Å². The van der Waals surface area contributed by atoms with E-state index < -0.39 is 12.1 Å². The Balaban J connectivity index is 1.28. The van der Waals surface area contributed by atoms with Gasteiger partial charge in [-0.25, -0.2) is 8.78 Å². The summed E-state index contributed by atoms with van der Waals surface area (Å²) >= 11 is 0. The topological polar surface area (TPSA) is 53.9 Å². The molecule has 2 aromatic carbocycles. The smallest absolute Gasteiger partial charge is 0.237 e. The molecular formula is C22H23F2N3O2. The van der Waals surface area contributed by atoms with Gasteiger partial charge in [-0.3, -0.25) is 9.79 Å². The van der Waals surface area contributed by atoms with Crippen LogP contribution in [0.2, 0.25) is 0 Å². The van der Waals surface area contributed by atoms with E-state index in [1.807, 2.05) is 12.1 Å². The lowest BCUT2D eigenvalue weighted by Gasteiger charge is -2.14. The molecule has 1 amide bonds. The zero-order valence-electron chi connectivity index (χ0n) is 16.0. The lowest BCUT2D eigenvalue weighted by atomic mass is 10.0. The van der Waals surface area contributed by atoms with Crippen molar-refractivity contribution in [2.45, 2.75) is 24.9 Å². The summed E-state index contributed by atoms with van der Waals surface area (Å²) in [4.78, 5) is 18.6. The predicted molar refractivity (Wildman–Crippen MR) is 108 cm³/mol. The summed E-state index contributed by atoms with van der Waals surface area (Å²) in [5.41, 5.74) is 1.89. The first-order valence-corrected chi connectivity index (χ1v) is 9.82. The van der Waals surface area contributed by atoms with E-state index >= 15 is 0 Å². The molecule has 4 rings (SSSR count). The first-order chi connectivity index (χ1) is 14.1. The van der Waals surface area contributed by atoms with Gasteiger partial charge >= 0.3 is 0 Å². The van der Waals surface area contributed by atoms with Crippen LogP contribution < -0.4 is 10.1 Å². The summed E-state index contributed by atoms with van der Waals surface area (Å²) in [6, 6.07) is 11.5. The highest BCUT2D eigenvalue weighted by Gasteiger charge is 2.29. The summed E-state index contributed by atoms with van der Waals surface area (Å²) in [6.07, 6.45) is 2.32. The molecule has 2 aliphatic heterocycles. The molecule has 2 heterocycles. The molecule has 0 spiro atoms. The number of hydrogen-bond acceptors (Lipinski definition) is 4. The van der Waals surface area contributed by atoms with Crippen molar-refractivity contribution in [1.82, 2.24) is 4.90 Å². The molecule has 152 valence electrons. The van der Waals surface area contributed by atoms with Crippen molar-refractivity contribution >= 4 is 23.5 Å². The van der Waals surface area contributed by atoms with E-state index in [0.717, 1.165) is 25.3 Å². The Kier molecular flexibility index (Phi) is 5.85. The zero-order chi connectivity index (χ0) is 20.2. The van der Waals surface area contributed by atoms with E-state index in [9.17, 15) is 13.6 Å². The van der Waals surface area contributed by atoms with Crippen LogP contribution in [0.3, 0.4) is 0 Å². The number of aliphatic imine (C=N–C) groups is 1. The lowest BCUT2D eigenvalue weighted by Crippen LogP contribution is -2.23.